The minimum absolute atomic E-state index is 0.393. The highest BCUT2D eigenvalue weighted by molar-refractivity contribution is 7.19. The van der Waals surface area contributed by atoms with E-state index in [4.69, 9.17) is 5.10 Å². The fourth-order valence-corrected chi connectivity index (χ4v) is 6.21. The van der Waals surface area contributed by atoms with E-state index in [1.54, 1.807) is 17.7 Å². The van der Waals surface area contributed by atoms with E-state index in [1.807, 2.05) is 66.7 Å². The van der Waals surface area contributed by atoms with E-state index in [0.29, 0.717) is 6.42 Å². The van der Waals surface area contributed by atoms with Crippen LogP contribution in [-0.2, 0) is 18.4 Å². The zero-order valence-electron chi connectivity index (χ0n) is 18.2. The normalized spacial score (nSPS) is 21.2. The number of nitrogens with one attached hydrogen (secondary N) is 1. The summed E-state index contributed by atoms with van der Waals surface area (Å²) < 4.78 is 0. The number of hydrogen-bond acceptors (Lipinski definition) is 6. The standard InChI is InChI=1S/C27H24N4OS/c32-27(19-11-5-2-6-12-19)16-20(15-22(27)18-9-3-1-4-10-18)30-31-25-24-21-13-7-8-14-23(21)33-26(24)29-17-28-25/h1-6,9-12,15,17,32H,7-8,13-14,16H2,(H,28,29,31)/b30-20-/t27-/m1/s1. The summed E-state index contributed by atoms with van der Waals surface area (Å²) in [6, 6.07) is 19.9. The largest absolute Gasteiger partial charge is 0.380 e. The Hall–Kier alpha value is -3.35. The maximum atomic E-state index is 11.8. The van der Waals surface area contributed by atoms with E-state index < -0.39 is 5.60 Å². The fourth-order valence-electron chi connectivity index (χ4n) is 4.98. The molecule has 1 atom stereocenters. The fraction of sp³-hybridized carbons (Fsp3) is 0.222. The van der Waals surface area contributed by atoms with Gasteiger partial charge in [-0.3, -0.25) is 5.43 Å². The van der Waals surface area contributed by atoms with E-state index in [0.717, 1.165) is 51.3 Å². The molecule has 6 heteroatoms. The molecule has 164 valence electrons. The predicted molar refractivity (Wildman–Crippen MR) is 134 cm³/mol. The van der Waals surface area contributed by atoms with Crippen molar-refractivity contribution in [1.82, 2.24) is 9.97 Å². The molecule has 2 N–H and O–H groups in total. The highest BCUT2D eigenvalue weighted by Crippen LogP contribution is 2.44. The molecule has 5 nitrogen and oxygen atoms in total. The summed E-state index contributed by atoms with van der Waals surface area (Å²) in [5, 5.41) is 17.7. The van der Waals surface area contributed by atoms with Crippen LogP contribution in [0.2, 0.25) is 0 Å². The summed E-state index contributed by atoms with van der Waals surface area (Å²) >= 11 is 1.78. The maximum Gasteiger partial charge on any atom is 0.158 e. The molecule has 0 fully saturated rings. The lowest BCUT2D eigenvalue weighted by Gasteiger charge is -2.27. The molecule has 2 aliphatic carbocycles. The van der Waals surface area contributed by atoms with Gasteiger partial charge in [-0.2, -0.15) is 5.10 Å². The van der Waals surface area contributed by atoms with Crippen molar-refractivity contribution in [2.75, 3.05) is 5.43 Å². The molecule has 0 saturated heterocycles. The van der Waals surface area contributed by atoms with E-state index in [2.05, 4.69) is 15.4 Å². The number of allylic oxidation sites excluding steroid dienone is 1. The molecule has 2 heterocycles. The topological polar surface area (TPSA) is 70.4 Å². The number of hydrazone groups is 1. The van der Waals surface area contributed by atoms with Crippen molar-refractivity contribution in [2.24, 2.45) is 5.10 Å². The molecule has 0 amide bonds. The van der Waals surface area contributed by atoms with Gasteiger partial charge >= 0.3 is 0 Å². The summed E-state index contributed by atoms with van der Waals surface area (Å²) in [5.74, 6) is 0.747. The van der Waals surface area contributed by atoms with Crippen molar-refractivity contribution < 1.29 is 5.11 Å². The Labute approximate surface area is 196 Å². The molecular weight excluding hydrogens is 428 g/mol. The Morgan fingerprint density at radius 1 is 0.939 bits per heavy atom. The van der Waals surface area contributed by atoms with Crippen molar-refractivity contribution in [3.05, 3.63) is 94.6 Å². The predicted octanol–water partition coefficient (Wildman–Crippen LogP) is 5.71. The number of aromatic nitrogens is 2. The van der Waals surface area contributed by atoms with E-state index in [9.17, 15) is 5.11 Å². The lowest BCUT2D eigenvalue weighted by atomic mass is 9.84. The minimum Gasteiger partial charge on any atom is -0.380 e. The molecule has 2 aromatic heterocycles. The summed E-state index contributed by atoms with van der Waals surface area (Å²) in [5.41, 5.74) is 6.95. The molecule has 6 rings (SSSR count). The second-order valence-electron chi connectivity index (χ2n) is 8.66. The third-order valence-electron chi connectivity index (χ3n) is 6.59. The summed E-state index contributed by atoms with van der Waals surface area (Å²) in [6.45, 7) is 0. The third-order valence-corrected chi connectivity index (χ3v) is 7.79. The van der Waals surface area contributed by atoms with Crippen LogP contribution in [0.5, 0.6) is 0 Å². The van der Waals surface area contributed by atoms with Crippen LogP contribution in [0.15, 0.2) is 78.2 Å². The number of fused-ring (bicyclic) bond motifs is 3. The van der Waals surface area contributed by atoms with Crippen LogP contribution in [0.3, 0.4) is 0 Å². The van der Waals surface area contributed by atoms with Gasteiger partial charge in [0.05, 0.1) is 11.1 Å². The van der Waals surface area contributed by atoms with Crippen molar-refractivity contribution >= 4 is 38.7 Å². The van der Waals surface area contributed by atoms with Crippen LogP contribution >= 0.6 is 11.3 Å². The van der Waals surface area contributed by atoms with Gasteiger partial charge < -0.3 is 5.11 Å². The molecule has 0 saturated carbocycles. The SMILES string of the molecule is O[C@@]1(c2ccccc2)C/C(=N\Nc2ncnc3sc4c(c23)CCCC4)C=C1c1ccccc1. The molecule has 0 aliphatic heterocycles. The molecule has 0 spiro atoms. The van der Waals surface area contributed by atoms with Crippen molar-refractivity contribution in [2.45, 2.75) is 37.7 Å². The molecule has 0 radical (unpaired) electrons. The van der Waals surface area contributed by atoms with Crippen LogP contribution in [0.1, 0.15) is 40.8 Å². The quantitative estimate of drug-likeness (QED) is 0.389. The number of nitrogens with zero attached hydrogens (tertiary/aromatic N) is 3. The third kappa shape index (κ3) is 3.56. The second kappa shape index (κ2) is 8.21. The highest BCUT2D eigenvalue weighted by atomic mass is 32.1. The van der Waals surface area contributed by atoms with Crippen molar-refractivity contribution in [1.29, 1.82) is 0 Å². The summed E-state index contributed by atoms with van der Waals surface area (Å²) in [4.78, 5) is 11.5. The van der Waals surface area contributed by atoms with Crippen LogP contribution in [-0.4, -0.2) is 20.8 Å². The second-order valence-corrected chi connectivity index (χ2v) is 9.74. The van der Waals surface area contributed by atoms with E-state index in [-0.39, 0.29) is 0 Å². The van der Waals surface area contributed by atoms with E-state index >= 15 is 0 Å². The number of aliphatic hydroxyl groups is 1. The lowest BCUT2D eigenvalue weighted by Crippen LogP contribution is -2.25. The monoisotopic (exact) mass is 452 g/mol. The van der Waals surface area contributed by atoms with Gasteiger partial charge in [-0.15, -0.1) is 11.3 Å². The Kier molecular flexibility index (Phi) is 5.04. The number of aryl methyl sites for hydroxylation is 2. The van der Waals surface area contributed by atoms with Gasteiger partial charge in [0.25, 0.3) is 0 Å². The molecule has 0 unspecified atom stereocenters. The van der Waals surface area contributed by atoms with Crippen LogP contribution in [0.25, 0.3) is 15.8 Å². The number of thiophene rings is 1. The first-order chi connectivity index (χ1) is 16.2. The first-order valence-electron chi connectivity index (χ1n) is 11.4. The number of benzene rings is 2. The zero-order valence-corrected chi connectivity index (χ0v) is 19.0. The van der Waals surface area contributed by atoms with Gasteiger partial charge in [-0.1, -0.05) is 60.7 Å². The molecule has 2 aliphatic rings. The van der Waals surface area contributed by atoms with Crippen LogP contribution in [0, 0.1) is 0 Å². The average Bonchev–Trinajstić information content (AvgIpc) is 3.42. The first-order valence-corrected chi connectivity index (χ1v) is 12.2. The Balaban J connectivity index is 1.39. The van der Waals surface area contributed by atoms with E-state index in [1.165, 1.54) is 23.3 Å². The Bertz CT molecular complexity index is 1380. The van der Waals surface area contributed by atoms with Gasteiger partial charge in [0, 0.05) is 11.3 Å². The maximum absolute atomic E-state index is 11.8. The smallest absolute Gasteiger partial charge is 0.158 e. The van der Waals surface area contributed by atoms with Gasteiger partial charge in [0.2, 0.25) is 0 Å². The lowest BCUT2D eigenvalue weighted by molar-refractivity contribution is 0.113. The highest BCUT2D eigenvalue weighted by Gasteiger charge is 2.40. The number of hydrogen-bond donors (Lipinski definition) is 2. The average molecular weight is 453 g/mol. The van der Waals surface area contributed by atoms with Crippen LogP contribution < -0.4 is 5.43 Å². The molecule has 4 aromatic rings. The molecule has 33 heavy (non-hydrogen) atoms. The van der Waals surface area contributed by atoms with Gasteiger partial charge in [-0.25, -0.2) is 9.97 Å². The first kappa shape index (κ1) is 20.3. The number of anilines is 1. The minimum atomic E-state index is -1.13. The van der Waals surface area contributed by atoms with Gasteiger partial charge in [0.1, 0.15) is 16.8 Å². The van der Waals surface area contributed by atoms with Crippen molar-refractivity contribution in [3.63, 3.8) is 0 Å². The van der Waals surface area contributed by atoms with Gasteiger partial charge in [0.15, 0.2) is 5.82 Å². The molecule has 0 bridgehead atoms. The van der Waals surface area contributed by atoms with Gasteiger partial charge in [-0.05, 0) is 54.0 Å². The summed E-state index contributed by atoms with van der Waals surface area (Å²) in [7, 11) is 0. The summed E-state index contributed by atoms with van der Waals surface area (Å²) in [6.07, 6.45) is 8.63. The Morgan fingerprint density at radius 3 is 2.52 bits per heavy atom. The zero-order chi connectivity index (χ0) is 22.3. The molecule has 2 aromatic carbocycles. The Morgan fingerprint density at radius 2 is 1.70 bits per heavy atom. The molecular formula is C27H24N4OS. The van der Waals surface area contributed by atoms with Crippen molar-refractivity contribution in [3.8, 4) is 0 Å². The van der Waals surface area contributed by atoms with Crippen LogP contribution in [0.4, 0.5) is 5.82 Å². The number of rotatable bonds is 4.